The maximum absolute atomic E-state index is 12.4. The number of carbonyl (C=O) groups excluding carboxylic acids is 1. The summed E-state index contributed by atoms with van der Waals surface area (Å²) in [5.74, 6) is -0.227. The first kappa shape index (κ1) is 19.9. The number of amides is 1. The molecule has 0 saturated carbocycles. The Bertz CT molecular complexity index is 1110. The van der Waals surface area contributed by atoms with Crippen molar-refractivity contribution < 1.29 is 13.2 Å². The van der Waals surface area contributed by atoms with Crippen molar-refractivity contribution in [2.75, 3.05) is 37.9 Å². The summed E-state index contributed by atoms with van der Waals surface area (Å²) in [6.45, 7) is 0.142. The highest BCUT2D eigenvalue weighted by Crippen LogP contribution is 2.22. The van der Waals surface area contributed by atoms with Crippen molar-refractivity contribution in [2.45, 2.75) is 4.90 Å². The maximum atomic E-state index is 12.4. The maximum Gasteiger partial charge on any atom is 0.243 e. The van der Waals surface area contributed by atoms with E-state index in [2.05, 4.69) is 5.32 Å². The van der Waals surface area contributed by atoms with E-state index in [1.807, 2.05) is 54.4 Å². The van der Waals surface area contributed by atoms with Crippen molar-refractivity contribution in [3.8, 4) is 0 Å². The zero-order chi connectivity index (χ0) is 20.3. The van der Waals surface area contributed by atoms with Gasteiger partial charge in [-0.25, -0.2) is 12.7 Å². The standard InChI is InChI=1S/C21H23N3O3S/c1-23(2)28(26,27)20-10-6-9-18(14-20)22-21(25)15-24(3)19-12-11-16-7-4-5-8-17(16)13-19/h4-14H,15H2,1-3H3,(H,22,25). The van der Waals surface area contributed by atoms with E-state index in [9.17, 15) is 13.2 Å². The van der Waals surface area contributed by atoms with Gasteiger partial charge in [0.05, 0.1) is 11.4 Å². The van der Waals surface area contributed by atoms with Crippen molar-refractivity contribution in [3.63, 3.8) is 0 Å². The van der Waals surface area contributed by atoms with Crippen molar-refractivity contribution in [1.82, 2.24) is 4.31 Å². The molecule has 7 heteroatoms. The highest BCUT2D eigenvalue weighted by atomic mass is 32.2. The van der Waals surface area contributed by atoms with Gasteiger partial charge in [-0.15, -0.1) is 0 Å². The van der Waals surface area contributed by atoms with Gasteiger partial charge >= 0.3 is 0 Å². The lowest BCUT2D eigenvalue weighted by Gasteiger charge is -2.19. The van der Waals surface area contributed by atoms with Crippen LogP contribution in [0.3, 0.4) is 0 Å². The Morgan fingerprint density at radius 2 is 1.61 bits per heavy atom. The van der Waals surface area contributed by atoms with Crippen LogP contribution in [0.5, 0.6) is 0 Å². The first-order valence-electron chi connectivity index (χ1n) is 8.80. The molecule has 0 bridgehead atoms. The minimum absolute atomic E-state index is 0.137. The smallest absolute Gasteiger partial charge is 0.243 e. The van der Waals surface area contributed by atoms with Crippen LogP contribution in [0.15, 0.2) is 71.6 Å². The highest BCUT2D eigenvalue weighted by molar-refractivity contribution is 7.89. The van der Waals surface area contributed by atoms with Crippen LogP contribution in [0.1, 0.15) is 0 Å². The van der Waals surface area contributed by atoms with Crippen LogP contribution in [0, 0.1) is 0 Å². The minimum atomic E-state index is -3.55. The molecule has 146 valence electrons. The molecular weight excluding hydrogens is 374 g/mol. The molecule has 1 N–H and O–H groups in total. The lowest BCUT2D eigenvalue weighted by Crippen LogP contribution is -2.30. The molecule has 0 fully saturated rings. The molecule has 6 nitrogen and oxygen atoms in total. The average molecular weight is 398 g/mol. The number of benzene rings is 3. The molecule has 0 atom stereocenters. The molecule has 3 aromatic carbocycles. The van der Waals surface area contributed by atoms with Crippen molar-refractivity contribution in [3.05, 3.63) is 66.7 Å². The summed E-state index contributed by atoms with van der Waals surface area (Å²) < 4.78 is 25.6. The molecule has 0 aliphatic carbocycles. The van der Waals surface area contributed by atoms with Crippen LogP contribution < -0.4 is 10.2 Å². The molecule has 0 saturated heterocycles. The number of fused-ring (bicyclic) bond motifs is 1. The number of carbonyl (C=O) groups is 1. The Labute approximate surface area is 165 Å². The van der Waals surface area contributed by atoms with Gasteiger partial charge in [-0.05, 0) is 41.1 Å². The zero-order valence-corrected chi connectivity index (χ0v) is 16.9. The minimum Gasteiger partial charge on any atom is -0.365 e. The first-order chi connectivity index (χ1) is 13.3. The molecule has 28 heavy (non-hydrogen) atoms. The molecular formula is C21H23N3O3S. The van der Waals surface area contributed by atoms with Crippen molar-refractivity contribution in [2.24, 2.45) is 0 Å². The van der Waals surface area contributed by atoms with Gasteiger partial charge in [-0.3, -0.25) is 4.79 Å². The molecule has 3 rings (SSSR count). The Balaban J connectivity index is 1.71. The van der Waals surface area contributed by atoms with E-state index < -0.39 is 10.0 Å². The Hall–Kier alpha value is -2.90. The summed E-state index contributed by atoms with van der Waals surface area (Å²) in [6, 6.07) is 20.3. The van der Waals surface area contributed by atoms with Gasteiger partial charge in [0.25, 0.3) is 0 Å². The predicted molar refractivity (Wildman–Crippen MR) is 113 cm³/mol. The van der Waals surface area contributed by atoms with E-state index in [0.29, 0.717) is 5.69 Å². The molecule has 0 heterocycles. The van der Waals surface area contributed by atoms with Gasteiger partial charge in [0.15, 0.2) is 0 Å². The number of hydrogen-bond acceptors (Lipinski definition) is 4. The molecule has 0 aliphatic rings. The van der Waals surface area contributed by atoms with Crippen LogP contribution in [0.4, 0.5) is 11.4 Å². The average Bonchev–Trinajstić information content (AvgIpc) is 2.67. The summed E-state index contributed by atoms with van der Waals surface area (Å²) in [6.07, 6.45) is 0. The molecule has 0 spiro atoms. The lowest BCUT2D eigenvalue weighted by molar-refractivity contribution is -0.114. The largest absolute Gasteiger partial charge is 0.365 e. The van der Waals surface area contributed by atoms with Crippen LogP contribution in [-0.4, -0.2) is 46.3 Å². The highest BCUT2D eigenvalue weighted by Gasteiger charge is 2.18. The third kappa shape index (κ3) is 4.32. The number of sulfonamides is 1. The third-order valence-electron chi connectivity index (χ3n) is 4.45. The summed E-state index contributed by atoms with van der Waals surface area (Å²) >= 11 is 0. The number of hydrogen-bond donors (Lipinski definition) is 1. The van der Waals surface area contributed by atoms with Crippen molar-refractivity contribution in [1.29, 1.82) is 0 Å². The second kappa shape index (κ2) is 8.00. The predicted octanol–water partition coefficient (Wildman–Crippen LogP) is 3.17. The molecule has 0 aliphatic heterocycles. The Kier molecular flexibility index (Phi) is 5.67. The second-order valence-corrected chi connectivity index (χ2v) is 8.90. The van der Waals surface area contributed by atoms with Crippen LogP contribution in [0.25, 0.3) is 10.8 Å². The van der Waals surface area contributed by atoms with Gasteiger partial charge in [-0.2, -0.15) is 0 Å². The van der Waals surface area contributed by atoms with Gasteiger partial charge in [0, 0.05) is 32.5 Å². The van der Waals surface area contributed by atoms with E-state index in [-0.39, 0.29) is 17.3 Å². The summed E-state index contributed by atoms with van der Waals surface area (Å²) in [4.78, 5) is 14.4. The van der Waals surface area contributed by atoms with Gasteiger partial charge < -0.3 is 10.2 Å². The topological polar surface area (TPSA) is 69.7 Å². The molecule has 1 amide bonds. The summed E-state index contributed by atoms with van der Waals surface area (Å²) in [7, 11) is 1.24. The molecule has 0 radical (unpaired) electrons. The molecule has 3 aromatic rings. The first-order valence-corrected chi connectivity index (χ1v) is 10.2. The number of anilines is 2. The van der Waals surface area contributed by atoms with E-state index in [1.165, 1.54) is 26.2 Å². The van der Waals surface area contributed by atoms with Crippen LogP contribution >= 0.6 is 0 Å². The van der Waals surface area contributed by atoms with Gasteiger partial charge in [0.2, 0.25) is 15.9 Å². The lowest BCUT2D eigenvalue weighted by atomic mass is 10.1. The van der Waals surface area contributed by atoms with E-state index in [4.69, 9.17) is 0 Å². The molecule has 0 unspecified atom stereocenters. The fraction of sp³-hybridized carbons (Fsp3) is 0.190. The normalized spacial score (nSPS) is 11.6. The summed E-state index contributed by atoms with van der Waals surface area (Å²) in [5.41, 5.74) is 1.37. The monoisotopic (exact) mass is 397 g/mol. The summed E-state index contributed by atoms with van der Waals surface area (Å²) in [5, 5.41) is 5.01. The van der Waals surface area contributed by atoms with Crippen molar-refractivity contribution >= 4 is 38.1 Å². The van der Waals surface area contributed by atoms with E-state index >= 15 is 0 Å². The van der Waals surface area contributed by atoms with E-state index in [1.54, 1.807) is 12.1 Å². The van der Waals surface area contributed by atoms with Gasteiger partial charge in [0.1, 0.15) is 0 Å². The SMILES string of the molecule is CN(CC(=O)Nc1cccc(S(=O)(=O)N(C)C)c1)c1ccc2ccccc2c1. The van der Waals surface area contributed by atoms with Crippen LogP contribution in [0.2, 0.25) is 0 Å². The third-order valence-corrected chi connectivity index (χ3v) is 6.26. The fourth-order valence-corrected chi connectivity index (χ4v) is 3.81. The Morgan fingerprint density at radius 1 is 0.893 bits per heavy atom. The molecule has 0 aromatic heterocycles. The quantitative estimate of drug-likeness (QED) is 0.694. The number of nitrogens with zero attached hydrogens (tertiary/aromatic N) is 2. The van der Waals surface area contributed by atoms with Crippen LogP contribution in [-0.2, 0) is 14.8 Å². The Morgan fingerprint density at radius 3 is 2.32 bits per heavy atom. The number of nitrogens with one attached hydrogen (secondary N) is 1. The number of likely N-dealkylation sites (N-methyl/N-ethyl adjacent to an activating group) is 1. The van der Waals surface area contributed by atoms with E-state index in [0.717, 1.165) is 20.8 Å². The number of rotatable bonds is 6. The van der Waals surface area contributed by atoms with Gasteiger partial charge in [-0.1, -0.05) is 36.4 Å². The fourth-order valence-electron chi connectivity index (χ4n) is 2.87. The second-order valence-electron chi connectivity index (χ2n) is 6.75. The zero-order valence-electron chi connectivity index (χ0n) is 16.1.